The van der Waals surface area contributed by atoms with Crippen molar-refractivity contribution in [1.29, 1.82) is 0 Å². The number of hydrogen-bond acceptors (Lipinski definition) is 7. The smallest absolute Gasteiger partial charge is 0.352 e. The van der Waals surface area contributed by atoms with Crippen molar-refractivity contribution in [2.75, 3.05) is 26.2 Å². The summed E-state index contributed by atoms with van der Waals surface area (Å²) in [6.45, 7) is 5.01. The monoisotopic (exact) mass is 554 g/mol. The Morgan fingerprint density at radius 1 is 1.18 bits per heavy atom. The zero-order valence-electron chi connectivity index (χ0n) is 22.1. The first-order chi connectivity index (χ1) is 19.0. The maximum atomic E-state index is 15.7. The molecule has 4 N–H and O–H groups in total. The number of aromatic carboxylic acids is 1. The molecule has 1 saturated carbocycles. The highest BCUT2D eigenvalue weighted by Gasteiger charge is 2.60. The number of rotatable bonds is 7. The van der Waals surface area contributed by atoms with Crippen molar-refractivity contribution >= 4 is 28.7 Å². The van der Waals surface area contributed by atoms with Crippen molar-refractivity contribution in [3.63, 3.8) is 0 Å². The number of piperazine rings is 1. The lowest BCUT2D eigenvalue weighted by molar-refractivity contribution is -0.163. The number of carboxylic acids is 2. The fourth-order valence-corrected chi connectivity index (χ4v) is 6.76. The molecular weight excluding hydrogens is 523 g/mol. The number of carboxylic acid groups (broad SMARTS) is 2. The van der Waals surface area contributed by atoms with Crippen LogP contribution in [0.1, 0.15) is 54.7 Å². The van der Waals surface area contributed by atoms with Crippen molar-refractivity contribution in [3.8, 4) is 0 Å². The van der Waals surface area contributed by atoms with Crippen LogP contribution in [-0.2, 0) is 9.59 Å². The Hall–Kier alpha value is -3.61. The largest absolute Gasteiger partial charge is 0.477 e. The van der Waals surface area contributed by atoms with E-state index < -0.39 is 58.8 Å². The van der Waals surface area contributed by atoms with E-state index in [1.165, 1.54) is 18.0 Å². The second-order valence-corrected chi connectivity index (χ2v) is 11.3. The number of amides is 1. The van der Waals surface area contributed by atoms with Crippen molar-refractivity contribution < 1.29 is 34.1 Å². The van der Waals surface area contributed by atoms with Gasteiger partial charge in [-0.25, -0.2) is 14.0 Å². The van der Waals surface area contributed by atoms with Gasteiger partial charge in [-0.2, -0.15) is 0 Å². The number of benzene rings is 1. The molecule has 1 aromatic heterocycles. The fourth-order valence-electron chi connectivity index (χ4n) is 6.76. The van der Waals surface area contributed by atoms with Crippen LogP contribution in [0.15, 0.2) is 34.4 Å². The van der Waals surface area contributed by atoms with Crippen LogP contribution in [0.25, 0.3) is 10.9 Å². The van der Waals surface area contributed by atoms with E-state index in [2.05, 4.69) is 5.32 Å². The molecule has 40 heavy (non-hydrogen) atoms. The Kier molecular flexibility index (Phi) is 6.32. The van der Waals surface area contributed by atoms with Gasteiger partial charge in [-0.15, -0.1) is 0 Å². The summed E-state index contributed by atoms with van der Waals surface area (Å²) >= 11 is 0. The number of aliphatic carboxylic acids is 1. The molecule has 3 aliphatic heterocycles. The van der Waals surface area contributed by atoms with Crippen LogP contribution >= 0.6 is 0 Å². The molecule has 0 spiro atoms. The summed E-state index contributed by atoms with van der Waals surface area (Å²) in [5.74, 6) is -4.61. The summed E-state index contributed by atoms with van der Waals surface area (Å²) in [5, 5.41) is 33.0. The number of aliphatic hydroxyl groups is 1. The molecule has 11 nitrogen and oxygen atoms in total. The topological polar surface area (TPSA) is 152 Å². The van der Waals surface area contributed by atoms with Crippen molar-refractivity contribution in [2.24, 2.45) is 11.8 Å². The first-order valence-electron chi connectivity index (χ1n) is 13.5. The Morgan fingerprint density at radius 3 is 2.52 bits per heavy atom. The van der Waals surface area contributed by atoms with Crippen LogP contribution in [0.4, 0.5) is 4.39 Å². The molecule has 1 aliphatic carbocycles. The molecule has 212 valence electrons. The van der Waals surface area contributed by atoms with Gasteiger partial charge in [0, 0.05) is 55.3 Å². The molecule has 1 aromatic carbocycles. The predicted molar refractivity (Wildman–Crippen MR) is 140 cm³/mol. The van der Waals surface area contributed by atoms with E-state index in [1.54, 1.807) is 10.6 Å². The van der Waals surface area contributed by atoms with Crippen molar-refractivity contribution in [2.45, 2.75) is 50.9 Å². The number of carbonyl (C=O) groups excluding carboxylic acids is 1. The number of halogens is 1. The molecule has 0 bridgehead atoms. The van der Waals surface area contributed by atoms with Gasteiger partial charge in [-0.1, -0.05) is 6.92 Å². The van der Waals surface area contributed by atoms with Gasteiger partial charge >= 0.3 is 11.9 Å². The molecule has 2 saturated heterocycles. The Labute approximate surface area is 228 Å². The van der Waals surface area contributed by atoms with Gasteiger partial charge in [0.05, 0.1) is 29.6 Å². The highest BCUT2D eigenvalue weighted by Crippen LogP contribution is 2.48. The number of fused-ring (bicyclic) bond motifs is 2. The summed E-state index contributed by atoms with van der Waals surface area (Å²) in [4.78, 5) is 52.9. The normalized spacial score (nSPS) is 27.6. The molecule has 1 amide bonds. The minimum absolute atomic E-state index is 0.00992. The lowest BCUT2D eigenvalue weighted by Crippen LogP contribution is -2.63. The van der Waals surface area contributed by atoms with Crippen molar-refractivity contribution in [3.05, 3.63) is 56.8 Å². The minimum atomic E-state index is -1.36. The quantitative estimate of drug-likeness (QED) is 0.371. The summed E-state index contributed by atoms with van der Waals surface area (Å²) in [6, 6.07) is 1.82. The molecule has 4 heterocycles. The standard InChI is InChI=1S/C28H31FN4O7/c1-12-17(24(28(39)40)33-23(12)22(13(2)34)26(33)36)10-31-6-5-30-9-21(31)15-8-20-16(7-19(15)29)25(35)18(27(37)38)11-32(20)14-3-4-14/h7-8,11-14,21-23,30,34H,3-6,9-10H2,1-2H3,(H,37,38)(H,39,40)/t12-,13?,21?,22+,23+/m0/s1. The predicted octanol–water partition coefficient (Wildman–Crippen LogP) is 1.32. The summed E-state index contributed by atoms with van der Waals surface area (Å²) < 4.78 is 17.5. The first-order valence-corrected chi connectivity index (χ1v) is 13.5. The number of nitrogens with zero attached hydrogens (tertiary/aromatic N) is 3. The molecule has 12 heteroatoms. The number of β-lactam (4-membered cyclic amide) rings is 1. The first kappa shape index (κ1) is 26.6. The van der Waals surface area contributed by atoms with Crippen LogP contribution in [0, 0.1) is 17.7 Å². The SMILES string of the molecule is CC(O)[C@H]1C(=O)N2C(C(=O)O)=C(CN3CCNCC3c3cc4c(cc3F)c(=O)c(C(=O)O)cn4C3CC3)[C@H](C)[C@H]12. The Balaban J connectivity index is 1.40. The lowest BCUT2D eigenvalue weighted by Gasteiger charge is -2.46. The van der Waals surface area contributed by atoms with Crippen LogP contribution in [-0.4, -0.2) is 85.9 Å². The third kappa shape index (κ3) is 3.96. The molecule has 2 unspecified atom stereocenters. The molecule has 3 fully saturated rings. The van der Waals surface area contributed by atoms with E-state index in [9.17, 15) is 34.5 Å². The van der Waals surface area contributed by atoms with Crippen LogP contribution in [0.3, 0.4) is 0 Å². The van der Waals surface area contributed by atoms with Crippen molar-refractivity contribution in [1.82, 2.24) is 19.7 Å². The average Bonchev–Trinajstić information content (AvgIpc) is 3.70. The summed E-state index contributed by atoms with van der Waals surface area (Å²) in [6.07, 6.45) is 2.09. The number of aromatic nitrogens is 1. The van der Waals surface area contributed by atoms with Gasteiger partial charge < -0.3 is 30.1 Å². The third-order valence-corrected chi connectivity index (χ3v) is 8.93. The van der Waals surface area contributed by atoms with Gasteiger partial charge in [-0.3, -0.25) is 14.5 Å². The van der Waals surface area contributed by atoms with Crippen LogP contribution in [0.5, 0.6) is 0 Å². The number of pyridine rings is 1. The molecule has 2 aromatic rings. The van der Waals surface area contributed by atoms with E-state index in [1.807, 2.05) is 11.8 Å². The van der Waals surface area contributed by atoms with E-state index >= 15 is 4.39 Å². The molecule has 0 radical (unpaired) electrons. The third-order valence-electron chi connectivity index (χ3n) is 8.93. The van der Waals surface area contributed by atoms with Crippen LogP contribution < -0.4 is 10.7 Å². The number of aliphatic hydroxyl groups excluding tert-OH is 1. The van der Waals surface area contributed by atoms with E-state index in [0.29, 0.717) is 36.3 Å². The highest BCUT2D eigenvalue weighted by molar-refractivity contribution is 6.00. The molecule has 4 aliphatic rings. The van der Waals surface area contributed by atoms with E-state index in [4.69, 9.17) is 0 Å². The molecule has 6 rings (SSSR count). The zero-order valence-corrected chi connectivity index (χ0v) is 22.1. The maximum absolute atomic E-state index is 15.7. The zero-order chi connectivity index (χ0) is 28.6. The van der Waals surface area contributed by atoms with Gasteiger partial charge in [0.25, 0.3) is 0 Å². The number of carbonyl (C=O) groups is 3. The van der Waals surface area contributed by atoms with E-state index in [-0.39, 0.29) is 29.6 Å². The van der Waals surface area contributed by atoms with Crippen LogP contribution in [0.2, 0.25) is 0 Å². The Morgan fingerprint density at radius 2 is 1.90 bits per heavy atom. The summed E-state index contributed by atoms with van der Waals surface area (Å²) in [5.41, 5.74) is 0.143. The fraction of sp³-hybridized carbons (Fsp3) is 0.500. The second kappa shape index (κ2) is 9.50. The number of hydrogen-bond donors (Lipinski definition) is 4. The van der Waals surface area contributed by atoms with Gasteiger partial charge in [-0.05, 0) is 37.5 Å². The molecule has 5 atom stereocenters. The second-order valence-electron chi connectivity index (χ2n) is 11.3. The highest BCUT2D eigenvalue weighted by atomic mass is 19.1. The summed E-state index contributed by atoms with van der Waals surface area (Å²) in [7, 11) is 0. The molecular formula is C28H31FN4O7. The van der Waals surface area contributed by atoms with Gasteiger partial charge in [0.2, 0.25) is 11.3 Å². The average molecular weight is 555 g/mol. The number of nitrogens with one attached hydrogen (secondary N) is 1. The Bertz CT molecular complexity index is 1550. The maximum Gasteiger partial charge on any atom is 0.352 e. The van der Waals surface area contributed by atoms with Gasteiger partial charge in [0.1, 0.15) is 17.1 Å². The minimum Gasteiger partial charge on any atom is -0.477 e. The van der Waals surface area contributed by atoms with E-state index in [0.717, 1.165) is 18.9 Å². The van der Waals surface area contributed by atoms with Gasteiger partial charge in [0.15, 0.2) is 0 Å². The lowest BCUT2D eigenvalue weighted by atomic mass is 9.77.